The van der Waals surface area contributed by atoms with Gasteiger partial charge in [-0.1, -0.05) is 0 Å². The summed E-state index contributed by atoms with van der Waals surface area (Å²) in [5.41, 5.74) is 9.00. The average molecular weight is 279 g/mol. The van der Waals surface area contributed by atoms with E-state index in [1.165, 1.54) is 16.3 Å². The Balaban J connectivity index is 2.07. The maximum absolute atomic E-state index is 11.3. The molecule has 18 heavy (non-hydrogen) atoms. The molecule has 6 nitrogen and oxygen atoms in total. The van der Waals surface area contributed by atoms with Crippen LogP contribution in [0.25, 0.3) is 10.2 Å². The van der Waals surface area contributed by atoms with Gasteiger partial charge in [0.1, 0.15) is 5.52 Å². The summed E-state index contributed by atoms with van der Waals surface area (Å²) in [7, 11) is 1.66. The van der Waals surface area contributed by atoms with Gasteiger partial charge in [0.2, 0.25) is 0 Å². The van der Waals surface area contributed by atoms with Crippen LogP contribution in [0.5, 0.6) is 0 Å². The number of H-pyrrole nitrogens is 1. The number of nitrogen functional groups attached to an aromatic ring is 1. The number of aromatic nitrogens is 4. The third-order valence-corrected chi connectivity index (χ3v) is 4.46. The van der Waals surface area contributed by atoms with Crippen molar-refractivity contribution >= 4 is 39.0 Å². The van der Waals surface area contributed by atoms with Crippen LogP contribution in [0.15, 0.2) is 32.5 Å². The molecule has 0 aliphatic rings. The number of anilines is 1. The van der Waals surface area contributed by atoms with Crippen LogP contribution in [-0.2, 0) is 7.05 Å². The topological polar surface area (TPSA) is 89.6 Å². The second kappa shape index (κ2) is 4.14. The number of nitrogens with one attached hydrogen (secondary N) is 1. The van der Waals surface area contributed by atoms with Gasteiger partial charge in [-0.25, -0.2) is 14.9 Å². The lowest BCUT2D eigenvalue weighted by atomic mass is 10.3. The molecule has 1 aromatic carbocycles. The SMILES string of the molecule is Cn1c(Sc2ccc3scnc3c2N)n[nH]c1=O. The Labute approximate surface area is 110 Å². The van der Waals surface area contributed by atoms with Crippen molar-refractivity contribution in [2.75, 3.05) is 5.73 Å². The monoisotopic (exact) mass is 279 g/mol. The summed E-state index contributed by atoms with van der Waals surface area (Å²) in [6, 6.07) is 3.89. The molecule has 0 fully saturated rings. The van der Waals surface area contributed by atoms with E-state index in [0.717, 1.165) is 15.1 Å². The second-order valence-corrected chi connectivity index (χ2v) is 5.54. The van der Waals surface area contributed by atoms with Crippen LogP contribution in [0.3, 0.4) is 0 Å². The Morgan fingerprint density at radius 1 is 1.50 bits per heavy atom. The number of nitrogens with two attached hydrogens (primary N) is 1. The molecule has 2 aromatic heterocycles. The Morgan fingerprint density at radius 3 is 3.06 bits per heavy atom. The van der Waals surface area contributed by atoms with Gasteiger partial charge in [0, 0.05) is 11.9 Å². The van der Waals surface area contributed by atoms with Gasteiger partial charge in [-0.2, -0.15) is 0 Å². The zero-order chi connectivity index (χ0) is 12.7. The molecule has 0 saturated heterocycles. The van der Waals surface area contributed by atoms with E-state index in [0.29, 0.717) is 10.8 Å². The predicted octanol–water partition coefficient (Wildman–Crippen LogP) is 1.45. The van der Waals surface area contributed by atoms with Gasteiger partial charge in [0.15, 0.2) is 5.16 Å². The molecule has 0 atom stereocenters. The third kappa shape index (κ3) is 1.70. The number of rotatable bonds is 2. The highest BCUT2D eigenvalue weighted by Crippen LogP contribution is 2.35. The van der Waals surface area contributed by atoms with Crippen molar-refractivity contribution in [2.24, 2.45) is 7.05 Å². The summed E-state index contributed by atoms with van der Waals surface area (Å²) in [6.45, 7) is 0. The number of hydrogen-bond donors (Lipinski definition) is 2. The lowest BCUT2D eigenvalue weighted by Crippen LogP contribution is -2.12. The van der Waals surface area contributed by atoms with Crippen LogP contribution in [0.2, 0.25) is 0 Å². The number of hydrogen-bond acceptors (Lipinski definition) is 6. The fraction of sp³-hybridized carbons (Fsp3) is 0.100. The minimum atomic E-state index is -0.245. The first-order valence-corrected chi connectivity index (χ1v) is 6.77. The number of fused-ring (bicyclic) bond motifs is 1. The Hall–Kier alpha value is -1.80. The molecule has 3 rings (SSSR count). The van der Waals surface area contributed by atoms with E-state index in [4.69, 9.17) is 5.73 Å². The first kappa shape index (κ1) is 11.3. The van der Waals surface area contributed by atoms with Gasteiger partial charge < -0.3 is 5.73 Å². The fourth-order valence-corrected chi connectivity index (χ4v) is 3.09. The average Bonchev–Trinajstić information content (AvgIpc) is 2.95. The molecule has 92 valence electrons. The molecule has 3 N–H and O–H groups in total. The van der Waals surface area contributed by atoms with Gasteiger partial charge >= 0.3 is 5.69 Å². The van der Waals surface area contributed by atoms with E-state index in [1.807, 2.05) is 12.1 Å². The van der Waals surface area contributed by atoms with Crippen LogP contribution in [0, 0.1) is 0 Å². The highest BCUT2D eigenvalue weighted by Gasteiger charge is 2.11. The van der Waals surface area contributed by atoms with E-state index < -0.39 is 0 Å². The highest BCUT2D eigenvalue weighted by molar-refractivity contribution is 7.99. The standard InChI is InChI=1S/C10H9N5OS2/c1-15-9(16)13-14-10(15)18-5-2-3-6-8(7(5)11)12-4-17-6/h2-4H,11H2,1H3,(H,13,16). The van der Waals surface area contributed by atoms with Crippen molar-refractivity contribution in [1.29, 1.82) is 0 Å². The molecule has 0 bridgehead atoms. The van der Waals surface area contributed by atoms with Crippen molar-refractivity contribution in [3.63, 3.8) is 0 Å². The van der Waals surface area contributed by atoms with Crippen LogP contribution in [0.4, 0.5) is 5.69 Å². The largest absolute Gasteiger partial charge is 0.396 e. The number of nitrogens with zero attached hydrogens (tertiary/aromatic N) is 3. The van der Waals surface area contributed by atoms with Crippen molar-refractivity contribution in [3.05, 3.63) is 28.1 Å². The summed E-state index contributed by atoms with van der Waals surface area (Å²) < 4.78 is 2.49. The molecule has 0 radical (unpaired) electrons. The zero-order valence-corrected chi connectivity index (χ0v) is 11.0. The molecule has 0 aliphatic heterocycles. The predicted molar refractivity (Wildman–Crippen MR) is 72.0 cm³/mol. The first-order valence-electron chi connectivity index (χ1n) is 5.08. The molecule has 0 saturated carbocycles. The molecular formula is C10H9N5OS2. The lowest BCUT2D eigenvalue weighted by Gasteiger charge is -2.04. The van der Waals surface area contributed by atoms with Crippen LogP contribution in [-0.4, -0.2) is 19.7 Å². The van der Waals surface area contributed by atoms with E-state index >= 15 is 0 Å². The molecular weight excluding hydrogens is 270 g/mol. The van der Waals surface area contributed by atoms with Gasteiger partial charge in [0.25, 0.3) is 0 Å². The quantitative estimate of drug-likeness (QED) is 0.693. The lowest BCUT2D eigenvalue weighted by molar-refractivity contribution is 0.766. The Bertz CT molecular complexity index is 772. The smallest absolute Gasteiger partial charge is 0.343 e. The summed E-state index contributed by atoms with van der Waals surface area (Å²) in [5, 5.41) is 6.90. The summed E-state index contributed by atoms with van der Waals surface area (Å²) in [4.78, 5) is 16.4. The van der Waals surface area contributed by atoms with Crippen LogP contribution < -0.4 is 11.4 Å². The minimum absolute atomic E-state index is 0.245. The highest BCUT2D eigenvalue weighted by atomic mass is 32.2. The molecule has 0 aliphatic carbocycles. The van der Waals surface area contributed by atoms with Gasteiger partial charge in [0.05, 0.1) is 15.9 Å². The summed E-state index contributed by atoms with van der Waals surface area (Å²) >= 11 is 2.89. The molecule has 0 spiro atoms. The van der Waals surface area contributed by atoms with E-state index in [2.05, 4.69) is 15.2 Å². The maximum atomic E-state index is 11.3. The Morgan fingerprint density at radius 2 is 2.33 bits per heavy atom. The van der Waals surface area contributed by atoms with Crippen molar-refractivity contribution in [2.45, 2.75) is 10.1 Å². The Kier molecular flexibility index (Phi) is 2.60. The fourth-order valence-electron chi connectivity index (χ4n) is 1.54. The third-order valence-electron chi connectivity index (χ3n) is 2.54. The summed E-state index contributed by atoms with van der Waals surface area (Å²) in [6.07, 6.45) is 0. The number of aromatic amines is 1. The number of benzene rings is 1. The van der Waals surface area contributed by atoms with E-state index in [1.54, 1.807) is 23.9 Å². The van der Waals surface area contributed by atoms with E-state index in [9.17, 15) is 4.79 Å². The van der Waals surface area contributed by atoms with Gasteiger partial charge in [-0.05, 0) is 23.9 Å². The van der Waals surface area contributed by atoms with Crippen LogP contribution in [0.1, 0.15) is 0 Å². The number of thiazole rings is 1. The molecule has 0 unspecified atom stereocenters. The van der Waals surface area contributed by atoms with Crippen LogP contribution >= 0.6 is 23.1 Å². The second-order valence-electron chi connectivity index (χ2n) is 3.65. The first-order chi connectivity index (χ1) is 8.66. The molecule has 0 amide bonds. The van der Waals surface area contributed by atoms with E-state index in [-0.39, 0.29) is 5.69 Å². The van der Waals surface area contributed by atoms with Gasteiger partial charge in [-0.3, -0.25) is 4.57 Å². The zero-order valence-electron chi connectivity index (χ0n) is 9.38. The minimum Gasteiger partial charge on any atom is -0.396 e. The molecule has 8 heteroatoms. The summed E-state index contributed by atoms with van der Waals surface area (Å²) in [5.74, 6) is 0. The maximum Gasteiger partial charge on any atom is 0.343 e. The van der Waals surface area contributed by atoms with Crippen molar-refractivity contribution in [1.82, 2.24) is 19.7 Å². The van der Waals surface area contributed by atoms with Gasteiger partial charge in [-0.15, -0.1) is 16.4 Å². The molecule has 3 aromatic rings. The molecule has 2 heterocycles. The van der Waals surface area contributed by atoms with Crippen molar-refractivity contribution in [3.8, 4) is 0 Å². The van der Waals surface area contributed by atoms with Crippen molar-refractivity contribution < 1.29 is 0 Å². The normalized spacial score (nSPS) is 11.2.